The van der Waals surface area contributed by atoms with Crippen molar-refractivity contribution in [2.75, 3.05) is 25.0 Å². The summed E-state index contributed by atoms with van der Waals surface area (Å²) in [7, 11) is 0. The number of aryl methyl sites for hydroxylation is 1. The van der Waals surface area contributed by atoms with Gasteiger partial charge in [-0.2, -0.15) is 0 Å². The molecule has 0 unspecified atom stereocenters. The lowest BCUT2D eigenvalue weighted by Gasteiger charge is -2.31. The molecule has 7 nitrogen and oxygen atoms in total. The number of hydrogen-bond donors (Lipinski definition) is 2. The predicted octanol–water partition coefficient (Wildman–Crippen LogP) is 4.23. The first-order valence-corrected chi connectivity index (χ1v) is 11.7. The number of carbonyl (C=O) groups excluding carboxylic acids is 2. The second-order valence-electron chi connectivity index (χ2n) is 8.02. The minimum atomic E-state index is -0.260. The molecule has 0 bridgehead atoms. The zero-order chi connectivity index (χ0) is 22.3. The van der Waals surface area contributed by atoms with Gasteiger partial charge in [-0.1, -0.05) is 59.4 Å². The molecule has 3 amide bonds. The van der Waals surface area contributed by atoms with Crippen molar-refractivity contribution in [1.29, 1.82) is 0 Å². The van der Waals surface area contributed by atoms with Gasteiger partial charge in [0.2, 0.25) is 5.01 Å². The first-order chi connectivity index (χ1) is 15.6. The molecule has 1 saturated heterocycles. The highest BCUT2D eigenvalue weighted by molar-refractivity contribution is 7.13. The molecule has 166 valence electrons. The van der Waals surface area contributed by atoms with Crippen molar-refractivity contribution in [3.8, 4) is 0 Å². The summed E-state index contributed by atoms with van der Waals surface area (Å²) in [6.45, 7) is 3.92. The molecule has 1 aliphatic heterocycles. The molecule has 0 saturated carbocycles. The van der Waals surface area contributed by atoms with Crippen LogP contribution in [0.3, 0.4) is 0 Å². The van der Waals surface area contributed by atoms with Gasteiger partial charge in [0.15, 0.2) is 0 Å². The zero-order valence-electron chi connectivity index (χ0n) is 18.1. The van der Waals surface area contributed by atoms with E-state index in [9.17, 15) is 9.59 Å². The number of amides is 3. The topological polar surface area (TPSA) is 87.2 Å². The van der Waals surface area contributed by atoms with E-state index in [1.54, 1.807) is 0 Å². The minimum absolute atomic E-state index is 0.0486. The first-order valence-electron chi connectivity index (χ1n) is 10.9. The monoisotopic (exact) mass is 449 g/mol. The number of piperidine rings is 1. The van der Waals surface area contributed by atoms with Crippen LogP contribution in [0, 0.1) is 6.92 Å². The molecule has 32 heavy (non-hydrogen) atoms. The van der Waals surface area contributed by atoms with Crippen LogP contribution in [0.25, 0.3) is 0 Å². The molecule has 0 aliphatic carbocycles. The third kappa shape index (κ3) is 5.70. The van der Waals surface area contributed by atoms with Crippen LogP contribution in [0.4, 0.5) is 10.5 Å². The molecule has 1 aromatic heterocycles. The molecule has 4 rings (SSSR count). The quantitative estimate of drug-likeness (QED) is 0.590. The molecular formula is C24H27N5O2S. The predicted molar refractivity (Wildman–Crippen MR) is 126 cm³/mol. The highest BCUT2D eigenvalue weighted by Gasteiger charge is 2.28. The maximum absolute atomic E-state index is 12.6. The Morgan fingerprint density at radius 1 is 1.09 bits per heavy atom. The second-order valence-corrected chi connectivity index (χ2v) is 9.03. The van der Waals surface area contributed by atoms with E-state index < -0.39 is 0 Å². The molecule has 2 heterocycles. The summed E-state index contributed by atoms with van der Waals surface area (Å²) < 4.78 is 0. The molecule has 0 spiro atoms. The van der Waals surface area contributed by atoms with Gasteiger partial charge in [0.25, 0.3) is 5.91 Å². The number of likely N-dealkylation sites (tertiary alicyclic amines) is 1. The van der Waals surface area contributed by atoms with Gasteiger partial charge in [0.1, 0.15) is 5.01 Å². The largest absolute Gasteiger partial charge is 0.338 e. The van der Waals surface area contributed by atoms with Crippen molar-refractivity contribution >= 4 is 29.0 Å². The standard InChI is InChI=1S/C24H27N5O2S/c1-17-9-11-20(12-10-17)26-21(30)23-28-27-22(32-23)19-8-5-15-29(16-19)24(31)25-14-13-18-6-3-2-4-7-18/h2-4,6-7,9-12,19H,5,8,13-16H2,1H3,(H,25,31)(H,26,30)/t19-/m0/s1. The van der Waals surface area contributed by atoms with E-state index in [1.165, 1.54) is 16.9 Å². The van der Waals surface area contributed by atoms with Crippen molar-refractivity contribution in [3.63, 3.8) is 0 Å². The van der Waals surface area contributed by atoms with E-state index in [0.29, 0.717) is 18.1 Å². The van der Waals surface area contributed by atoms with E-state index in [2.05, 4.69) is 33.0 Å². The summed E-state index contributed by atoms with van der Waals surface area (Å²) >= 11 is 1.31. The molecular weight excluding hydrogens is 422 g/mol. The van der Waals surface area contributed by atoms with Crippen molar-refractivity contribution in [2.45, 2.75) is 32.1 Å². The lowest BCUT2D eigenvalue weighted by atomic mass is 9.99. The maximum Gasteiger partial charge on any atom is 0.317 e. The molecule has 2 aromatic carbocycles. The number of rotatable bonds is 6. The van der Waals surface area contributed by atoms with E-state index >= 15 is 0 Å². The van der Waals surface area contributed by atoms with Gasteiger partial charge in [0.05, 0.1) is 0 Å². The fraction of sp³-hybridized carbons (Fsp3) is 0.333. The molecule has 8 heteroatoms. The van der Waals surface area contributed by atoms with E-state index in [0.717, 1.165) is 42.1 Å². The Labute approximate surface area is 191 Å². The van der Waals surface area contributed by atoms with Gasteiger partial charge in [-0.3, -0.25) is 4.79 Å². The number of hydrogen-bond acceptors (Lipinski definition) is 5. The third-order valence-corrected chi connectivity index (χ3v) is 6.62. The Morgan fingerprint density at radius 2 is 1.88 bits per heavy atom. The van der Waals surface area contributed by atoms with Crippen molar-refractivity contribution < 1.29 is 9.59 Å². The van der Waals surface area contributed by atoms with Gasteiger partial charge in [-0.15, -0.1) is 10.2 Å². The van der Waals surface area contributed by atoms with Crippen molar-refractivity contribution in [2.24, 2.45) is 0 Å². The molecule has 1 fully saturated rings. The second kappa shape index (κ2) is 10.4. The van der Waals surface area contributed by atoms with Crippen LogP contribution in [0.5, 0.6) is 0 Å². The van der Waals surface area contributed by atoms with Gasteiger partial charge in [0, 0.05) is 31.2 Å². The Bertz CT molecular complexity index is 1050. The minimum Gasteiger partial charge on any atom is -0.338 e. The lowest BCUT2D eigenvalue weighted by Crippen LogP contribution is -2.45. The molecule has 1 aliphatic rings. The van der Waals surface area contributed by atoms with Crippen LogP contribution in [-0.2, 0) is 6.42 Å². The van der Waals surface area contributed by atoms with Crippen LogP contribution < -0.4 is 10.6 Å². The highest BCUT2D eigenvalue weighted by Crippen LogP contribution is 2.29. The normalized spacial score (nSPS) is 15.9. The number of nitrogens with zero attached hydrogens (tertiary/aromatic N) is 3. The summed E-state index contributed by atoms with van der Waals surface area (Å²) in [6, 6.07) is 17.7. The average Bonchev–Trinajstić information content (AvgIpc) is 3.32. The van der Waals surface area contributed by atoms with Gasteiger partial charge in [-0.25, -0.2) is 4.79 Å². The SMILES string of the molecule is Cc1ccc(NC(=O)c2nnc([C@H]3CCCN(C(=O)NCCc4ccccc4)C3)s2)cc1. The summed E-state index contributed by atoms with van der Waals surface area (Å²) in [5.41, 5.74) is 3.06. The summed E-state index contributed by atoms with van der Waals surface area (Å²) in [6.07, 6.45) is 2.64. The summed E-state index contributed by atoms with van der Waals surface area (Å²) in [5, 5.41) is 15.4. The maximum atomic E-state index is 12.6. The number of anilines is 1. The number of aromatic nitrogens is 2. The zero-order valence-corrected chi connectivity index (χ0v) is 18.9. The molecule has 3 aromatic rings. The lowest BCUT2D eigenvalue weighted by molar-refractivity contribution is 0.102. The fourth-order valence-corrected chi connectivity index (χ4v) is 4.61. The molecule has 0 radical (unpaired) electrons. The Balaban J connectivity index is 1.30. The van der Waals surface area contributed by atoms with Crippen LogP contribution in [0.2, 0.25) is 0 Å². The Morgan fingerprint density at radius 3 is 2.66 bits per heavy atom. The van der Waals surface area contributed by atoms with Gasteiger partial charge in [-0.05, 0) is 43.9 Å². The number of carbonyl (C=O) groups is 2. The molecule has 2 N–H and O–H groups in total. The van der Waals surface area contributed by atoms with E-state index in [-0.39, 0.29) is 17.9 Å². The van der Waals surface area contributed by atoms with E-state index in [4.69, 9.17) is 0 Å². The summed E-state index contributed by atoms with van der Waals surface area (Å²) in [4.78, 5) is 27.0. The first kappa shape index (κ1) is 22.0. The van der Waals surface area contributed by atoms with Crippen molar-refractivity contribution in [3.05, 3.63) is 75.7 Å². The fourth-order valence-electron chi connectivity index (χ4n) is 3.75. The van der Waals surface area contributed by atoms with Crippen LogP contribution in [-0.4, -0.2) is 46.7 Å². The van der Waals surface area contributed by atoms with Gasteiger partial charge < -0.3 is 15.5 Å². The number of nitrogens with one attached hydrogen (secondary N) is 2. The van der Waals surface area contributed by atoms with Crippen molar-refractivity contribution in [1.82, 2.24) is 20.4 Å². The molecule has 1 atom stereocenters. The smallest absolute Gasteiger partial charge is 0.317 e. The highest BCUT2D eigenvalue weighted by atomic mass is 32.1. The van der Waals surface area contributed by atoms with E-state index in [1.807, 2.05) is 54.3 Å². The average molecular weight is 450 g/mol. The number of urea groups is 1. The Hall–Kier alpha value is -3.26. The number of benzene rings is 2. The van der Waals surface area contributed by atoms with Crippen LogP contribution >= 0.6 is 11.3 Å². The van der Waals surface area contributed by atoms with Crippen LogP contribution in [0.15, 0.2) is 54.6 Å². The third-order valence-electron chi connectivity index (χ3n) is 5.53. The Kier molecular flexibility index (Phi) is 7.11. The summed E-state index contributed by atoms with van der Waals surface area (Å²) in [5.74, 6) is -0.161. The van der Waals surface area contributed by atoms with Crippen LogP contribution in [0.1, 0.15) is 44.7 Å². The van der Waals surface area contributed by atoms with Gasteiger partial charge >= 0.3 is 6.03 Å².